The first-order chi connectivity index (χ1) is 8.67. The van der Waals surface area contributed by atoms with E-state index in [-0.39, 0.29) is 12.3 Å². The maximum atomic E-state index is 11.5. The first-order valence-electron chi connectivity index (χ1n) is 5.84. The van der Waals surface area contributed by atoms with Crippen LogP contribution in [-0.4, -0.2) is 18.5 Å². The van der Waals surface area contributed by atoms with Gasteiger partial charge in [0.15, 0.2) is 0 Å². The van der Waals surface area contributed by atoms with Gasteiger partial charge in [0.05, 0.1) is 12.5 Å². The summed E-state index contributed by atoms with van der Waals surface area (Å²) in [5.74, 6) is -0.108. The van der Waals surface area contributed by atoms with Crippen molar-refractivity contribution in [2.75, 3.05) is 11.9 Å². The van der Waals surface area contributed by atoms with Crippen molar-refractivity contribution in [3.63, 3.8) is 0 Å². The third kappa shape index (κ3) is 4.76. The molecule has 0 fully saturated rings. The molecule has 0 aliphatic rings. The molecule has 4 nitrogen and oxygen atoms in total. The SMILES string of the molecule is CCCNC(=O)CC(C#N)Nc1ccccc1Br. The fourth-order valence-corrected chi connectivity index (χ4v) is 1.82. The summed E-state index contributed by atoms with van der Waals surface area (Å²) in [6, 6.07) is 9.07. The molecule has 0 spiro atoms. The van der Waals surface area contributed by atoms with Crippen molar-refractivity contribution in [2.24, 2.45) is 0 Å². The highest BCUT2D eigenvalue weighted by Gasteiger charge is 2.13. The van der Waals surface area contributed by atoms with Gasteiger partial charge in [-0.15, -0.1) is 0 Å². The van der Waals surface area contributed by atoms with Crippen LogP contribution in [0.1, 0.15) is 19.8 Å². The fraction of sp³-hybridized carbons (Fsp3) is 0.385. The van der Waals surface area contributed by atoms with E-state index in [2.05, 4.69) is 32.6 Å². The molecule has 1 aromatic rings. The maximum Gasteiger partial charge on any atom is 0.223 e. The van der Waals surface area contributed by atoms with Crippen LogP contribution in [0.4, 0.5) is 5.69 Å². The van der Waals surface area contributed by atoms with Gasteiger partial charge < -0.3 is 10.6 Å². The minimum Gasteiger partial charge on any atom is -0.368 e. The van der Waals surface area contributed by atoms with E-state index in [1.807, 2.05) is 31.2 Å². The van der Waals surface area contributed by atoms with Crippen molar-refractivity contribution in [2.45, 2.75) is 25.8 Å². The number of nitrogens with zero attached hydrogens (tertiary/aromatic N) is 1. The average Bonchev–Trinajstić information content (AvgIpc) is 2.38. The second-order valence-electron chi connectivity index (χ2n) is 3.86. The van der Waals surface area contributed by atoms with E-state index in [4.69, 9.17) is 5.26 Å². The standard InChI is InChI=1S/C13H16BrN3O/c1-2-7-16-13(18)8-10(9-15)17-12-6-4-3-5-11(12)14/h3-6,10,17H,2,7-8H2,1H3,(H,16,18). The van der Waals surface area contributed by atoms with Gasteiger partial charge in [-0.25, -0.2) is 0 Å². The van der Waals surface area contributed by atoms with Gasteiger partial charge in [0.2, 0.25) is 5.91 Å². The Morgan fingerprint density at radius 1 is 1.50 bits per heavy atom. The smallest absolute Gasteiger partial charge is 0.223 e. The van der Waals surface area contributed by atoms with Gasteiger partial charge in [0.1, 0.15) is 6.04 Å². The molecule has 0 saturated heterocycles. The number of para-hydroxylation sites is 1. The van der Waals surface area contributed by atoms with Crippen LogP contribution in [0.3, 0.4) is 0 Å². The van der Waals surface area contributed by atoms with Crippen LogP contribution in [0.2, 0.25) is 0 Å². The number of anilines is 1. The van der Waals surface area contributed by atoms with Crippen LogP contribution < -0.4 is 10.6 Å². The third-order valence-electron chi connectivity index (χ3n) is 2.32. The van der Waals surface area contributed by atoms with Crippen molar-refractivity contribution in [3.8, 4) is 6.07 Å². The van der Waals surface area contributed by atoms with Gasteiger partial charge in [0.25, 0.3) is 0 Å². The second kappa shape index (κ2) is 7.72. The molecule has 1 aromatic carbocycles. The van der Waals surface area contributed by atoms with Crippen LogP contribution >= 0.6 is 15.9 Å². The Morgan fingerprint density at radius 3 is 2.83 bits per heavy atom. The van der Waals surface area contributed by atoms with Crippen molar-refractivity contribution >= 4 is 27.5 Å². The second-order valence-corrected chi connectivity index (χ2v) is 4.71. The van der Waals surface area contributed by atoms with E-state index in [9.17, 15) is 4.79 Å². The van der Waals surface area contributed by atoms with Crippen LogP contribution in [0.25, 0.3) is 0 Å². The van der Waals surface area contributed by atoms with Crippen LogP contribution in [-0.2, 0) is 4.79 Å². The maximum absolute atomic E-state index is 11.5. The molecule has 2 N–H and O–H groups in total. The van der Waals surface area contributed by atoms with Gasteiger partial charge in [-0.05, 0) is 34.5 Å². The van der Waals surface area contributed by atoms with Gasteiger partial charge in [-0.1, -0.05) is 19.1 Å². The van der Waals surface area contributed by atoms with Crippen molar-refractivity contribution in [1.82, 2.24) is 5.32 Å². The number of nitriles is 1. The van der Waals surface area contributed by atoms with Gasteiger partial charge in [-0.3, -0.25) is 4.79 Å². The lowest BCUT2D eigenvalue weighted by Gasteiger charge is -2.14. The Bertz CT molecular complexity index is 442. The molecule has 0 saturated carbocycles. The largest absolute Gasteiger partial charge is 0.368 e. The summed E-state index contributed by atoms with van der Waals surface area (Å²) in [4.78, 5) is 11.5. The monoisotopic (exact) mass is 309 g/mol. The summed E-state index contributed by atoms with van der Waals surface area (Å²) in [5.41, 5.74) is 0.812. The molecule has 0 bridgehead atoms. The van der Waals surface area contributed by atoms with Crippen molar-refractivity contribution < 1.29 is 4.79 Å². The zero-order valence-electron chi connectivity index (χ0n) is 10.2. The van der Waals surface area contributed by atoms with Gasteiger partial charge >= 0.3 is 0 Å². The highest BCUT2D eigenvalue weighted by Crippen LogP contribution is 2.22. The molecule has 1 rings (SSSR count). The number of carbonyl (C=O) groups is 1. The Morgan fingerprint density at radius 2 is 2.22 bits per heavy atom. The molecule has 1 unspecified atom stereocenters. The number of nitrogens with one attached hydrogen (secondary N) is 2. The molecule has 96 valence electrons. The topological polar surface area (TPSA) is 64.9 Å². The van der Waals surface area contributed by atoms with Crippen LogP contribution in [0.5, 0.6) is 0 Å². The summed E-state index contributed by atoms with van der Waals surface area (Å²) in [6.45, 7) is 2.63. The molecule has 0 aliphatic carbocycles. The predicted molar refractivity (Wildman–Crippen MR) is 75.1 cm³/mol. The van der Waals surface area contributed by atoms with Crippen molar-refractivity contribution in [3.05, 3.63) is 28.7 Å². The van der Waals surface area contributed by atoms with E-state index in [1.54, 1.807) is 0 Å². The zero-order chi connectivity index (χ0) is 13.4. The van der Waals surface area contributed by atoms with Crippen LogP contribution in [0.15, 0.2) is 28.7 Å². The molecule has 0 heterocycles. The number of benzene rings is 1. The average molecular weight is 310 g/mol. The Hall–Kier alpha value is -1.54. The normalized spacial score (nSPS) is 11.4. The van der Waals surface area contributed by atoms with Crippen molar-refractivity contribution in [1.29, 1.82) is 5.26 Å². The van der Waals surface area contributed by atoms with E-state index < -0.39 is 6.04 Å². The highest BCUT2D eigenvalue weighted by atomic mass is 79.9. The molecule has 0 aromatic heterocycles. The Labute approximate surface area is 116 Å². The molecule has 0 radical (unpaired) electrons. The lowest BCUT2D eigenvalue weighted by molar-refractivity contribution is -0.121. The summed E-state index contributed by atoms with van der Waals surface area (Å²) < 4.78 is 0.874. The van der Waals surface area contributed by atoms with Gasteiger partial charge in [0, 0.05) is 16.7 Å². The summed E-state index contributed by atoms with van der Waals surface area (Å²) in [5, 5.41) is 14.8. The predicted octanol–water partition coefficient (Wildman–Crippen LogP) is 2.67. The third-order valence-corrected chi connectivity index (χ3v) is 3.01. The molecule has 5 heteroatoms. The molecule has 1 atom stereocenters. The highest BCUT2D eigenvalue weighted by molar-refractivity contribution is 9.10. The quantitative estimate of drug-likeness (QED) is 0.849. The number of amides is 1. The fourth-order valence-electron chi connectivity index (χ4n) is 1.42. The lowest BCUT2D eigenvalue weighted by atomic mass is 10.2. The lowest BCUT2D eigenvalue weighted by Crippen LogP contribution is -2.30. The minimum absolute atomic E-state index is 0.108. The molecular formula is C13H16BrN3O. The number of halogens is 1. The number of carbonyl (C=O) groups excluding carboxylic acids is 1. The summed E-state index contributed by atoms with van der Waals surface area (Å²) in [7, 11) is 0. The number of hydrogen-bond donors (Lipinski definition) is 2. The Kier molecular flexibility index (Phi) is 6.23. The van der Waals surface area contributed by atoms with Crippen LogP contribution in [0, 0.1) is 11.3 Å². The van der Waals surface area contributed by atoms with E-state index in [1.165, 1.54) is 0 Å². The first-order valence-corrected chi connectivity index (χ1v) is 6.64. The first kappa shape index (κ1) is 14.5. The van der Waals surface area contributed by atoms with E-state index in [0.29, 0.717) is 6.54 Å². The Balaban J connectivity index is 2.56. The number of hydrogen-bond acceptors (Lipinski definition) is 3. The molecule has 18 heavy (non-hydrogen) atoms. The van der Waals surface area contributed by atoms with Gasteiger partial charge in [-0.2, -0.15) is 5.26 Å². The summed E-state index contributed by atoms with van der Waals surface area (Å²) in [6.07, 6.45) is 1.04. The van der Waals surface area contributed by atoms with E-state index in [0.717, 1.165) is 16.6 Å². The molecule has 1 amide bonds. The summed E-state index contributed by atoms with van der Waals surface area (Å²) >= 11 is 3.39. The molecular weight excluding hydrogens is 294 g/mol. The zero-order valence-corrected chi connectivity index (χ0v) is 11.8. The molecule has 0 aliphatic heterocycles. The number of rotatable bonds is 6. The van der Waals surface area contributed by atoms with E-state index >= 15 is 0 Å². The minimum atomic E-state index is -0.527.